The molecule has 0 bridgehead atoms. The van der Waals surface area contributed by atoms with Gasteiger partial charge in [0.05, 0.1) is 0 Å². The topological polar surface area (TPSA) is 83.1 Å². The van der Waals surface area contributed by atoms with E-state index in [0.717, 1.165) is 15.7 Å². The number of nitrogens with zero attached hydrogens (tertiary/aromatic N) is 4. The first-order valence-electron chi connectivity index (χ1n) is 9.19. The van der Waals surface area contributed by atoms with Gasteiger partial charge in [0.1, 0.15) is 23.4 Å². The summed E-state index contributed by atoms with van der Waals surface area (Å²) in [4.78, 5) is 11.1. The van der Waals surface area contributed by atoms with Gasteiger partial charge in [-0.3, -0.25) is 14.7 Å². The van der Waals surface area contributed by atoms with E-state index in [0.29, 0.717) is 28.9 Å². The lowest BCUT2D eigenvalue weighted by atomic mass is 10.1. The third kappa shape index (κ3) is 5.28. The predicted octanol–water partition coefficient (Wildman–Crippen LogP) is 5.32. The van der Waals surface area contributed by atoms with Crippen molar-refractivity contribution in [3.05, 3.63) is 86.7 Å². The van der Waals surface area contributed by atoms with E-state index in [2.05, 4.69) is 32.7 Å². The number of hydrogen-bond donors (Lipinski definition) is 0. The monoisotopic (exact) mass is 488 g/mol. The van der Waals surface area contributed by atoms with E-state index >= 15 is 0 Å². The van der Waals surface area contributed by atoms with Crippen LogP contribution in [-0.4, -0.2) is 32.8 Å². The summed E-state index contributed by atoms with van der Waals surface area (Å²) in [6, 6.07) is 13.5. The molecular weight excluding hydrogens is 468 g/mol. The molecule has 156 valence electrons. The Hall–Kier alpha value is -2.65. The molecule has 0 amide bonds. The minimum atomic E-state index is -0.523. The van der Waals surface area contributed by atoms with Gasteiger partial charge in [0, 0.05) is 20.6 Å². The Morgan fingerprint density at radius 3 is 2.67 bits per heavy atom. The van der Waals surface area contributed by atoms with E-state index in [-0.39, 0.29) is 11.5 Å². The average molecular weight is 489 g/mol. The van der Waals surface area contributed by atoms with Gasteiger partial charge in [-0.1, -0.05) is 58.0 Å². The number of nitro groups is 1. The van der Waals surface area contributed by atoms with Crippen molar-refractivity contribution in [2.75, 3.05) is 13.2 Å². The van der Waals surface area contributed by atoms with Gasteiger partial charge in [-0.15, -0.1) is 10.2 Å². The zero-order chi connectivity index (χ0) is 21.7. The molecule has 3 aromatic rings. The Labute approximate surface area is 187 Å². The van der Waals surface area contributed by atoms with Crippen molar-refractivity contribution in [2.45, 2.75) is 24.3 Å². The van der Waals surface area contributed by atoms with Crippen LogP contribution < -0.4 is 4.74 Å². The number of benzene rings is 2. The SMILES string of the molecule is C=CCOc1ccc(Br)cc1[C@H](C[N+](=O)[O-])Sc1nnc(C)n1-c1ccc(C)cc1. The Morgan fingerprint density at radius 2 is 2.00 bits per heavy atom. The molecule has 0 saturated carbocycles. The maximum absolute atomic E-state index is 11.5. The largest absolute Gasteiger partial charge is 0.489 e. The Morgan fingerprint density at radius 1 is 1.27 bits per heavy atom. The lowest BCUT2D eigenvalue weighted by molar-refractivity contribution is -0.479. The van der Waals surface area contributed by atoms with Crippen LogP contribution in [-0.2, 0) is 0 Å². The summed E-state index contributed by atoms with van der Waals surface area (Å²) < 4.78 is 8.47. The van der Waals surface area contributed by atoms with Crippen LogP contribution in [0.5, 0.6) is 5.75 Å². The number of halogens is 1. The molecule has 1 heterocycles. The summed E-state index contributed by atoms with van der Waals surface area (Å²) in [6.07, 6.45) is 1.64. The van der Waals surface area contributed by atoms with Crippen LogP contribution in [0, 0.1) is 24.0 Å². The summed E-state index contributed by atoms with van der Waals surface area (Å²) in [7, 11) is 0. The molecule has 0 saturated heterocycles. The lowest BCUT2D eigenvalue weighted by Crippen LogP contribution is -2.12. The highest BCUT2D eigenvalue weighted by molar-refractivity contribution is 9.10. The van der Waals surface area contributed by atoms with Crippen LogP contribution in [0.3, 0.4) is 0 Å². The molecule has 0 spiro atoms. The normalized spacial score (nSPS) is 11.8. The lowest BCUT2D eigenvalue weighted by Gasteiger charge is -2.18. The molecule has 0 N–H and O–H groups in total. The summed E-state index contributed by atoms with van der Waals surface area (Å²) in [6.45, 7) is 7.57. The van der Waals surface area contributed by atoms with Gasteiger partial charge in [0.2, 0.25) is 6.54 Å². The molecule has 30 heavy (non-hydrogen) atoms. The molecule has 0 aliphatic heterocycles. The van der Waals surface area contributed by atoms with Crippen LogP contribution in [0.25, 0.3) is 5.69 Å². The van der Waals surface area contributed by atoms with Crippen LogP contribution in [0.2, 0.25) is 0 Å². The van der Waals surface area contributed by atoms with E-state index in [1.807, 2.05) is 54.8 Å². The van der Waals surface area contributed by atoms with Gasteiger partial charge in [-0.2, -0.15) is 0 Å². The van der Waals surface area contributed by atoms with Crippen LogP contribution >= 0.6 is 27.7 Å². The second-order valence-corrected chi connectivity index (χ2v) is 8.69. The highest BCUT2D eigenvalue weighted by Crippen LogP contribution is 2.41. The fourth-order valence-electron chi connectivity index (χ4n) is 2.92. The minimum absolute atomic E-state index is 0.286. The average Bonchev–Trinajstić information content (AvgIpc) is 3.07. The first kappa shape index (κ1) is 22.0. The van der Waals surface area contributed by atoms with Crippen molar-refractivity contribution < 1.29 is 9.66 Å². The van der Waals surface area contributed by atoms with Crippen molar-refractivity contribution in [1.82, 2.24) is 14.8 Å². The number of rotatable bonds is 9. The molecule has 7 nitrogen and oxygen atoms in total. The summed E-state index contributed by atoms with van der Waals surface area (Å²) in [5, 5.41) is 20.0. The molecular formula is C21H21BrN4O3S. The van der Waals surface area contributed by atoms with E-state index in [1.54, 1.807) is 12.1 Å². The molecule has 3 rings (SSSR count). The maximum atomic E-state index is 11.5. The number of hydrogen-bond acceptors (Lipinski definition) is 6. The third-order valence-corrected chi connectivity index (χ3v) is 5.98. The van der Waals surface area contributed by atoms with Crippen LogP contribution in [0.15, 0.2) is 64.7 Å². The van der Waals surface area contributed by atoms with Gasteiger partial charge < -0.3 is 4.74 Å². The first-order valence-corrected chi connectivity index (χ1v) is 10.9. The van der Waals surface area contributed by atoms with Crippen molar-refractivity contribution in [2.24, 2.45) is 0 Å². The zero-order valence-corrected chi connectivity index (χ0v) is 19.0. The number of thioether (sulfide) groups is 1. The summed E-state index contributed by atoms with van der Waals surface area (Å²) in [5.74, 6) is 1.29. The molecule has 0 aliphatic carbocycles. The molecule has 1 atom stereocenters. The summed E-state index contributed by atoms with van der Waals surface area (Å²) >= 11 is 4.75. The predicted molar refractivity (Wildman–Crippen MR) is 121 cm³/mol. The molecule has 0 fully saturated rings. The van der Waals surface area contributed by atoms with Gasteiger partial charge in [-0.05, 0) is 44.2 Å². The number of ether oxygens (including phenoxy) is 1. The first-order chi connectivity index (χ1) is 14.4. The second-order valence-electron chi connectivity index (χ2n) is 6.60. The van der Waals surface area contributed by atoms with E-state index in [9.17, 15) is 10.1 Å². The molecule has 0 radical (unpaired) electrons. The fourth-order valence-corrected chi connectivity index (χ4v) is 4.49. The quantitative estimate of drug-likeness (QED) is 0.175. The second kappa shape index (κ2) is 9.90. The molecule has 0 aliphatic rings. The minimum Gasteiger partial charge on any atom is -0.489 e. The number of aromatic nitrogens is 3. The Balaban J connectivity index is 2.02. The molecule has 1 aromatic heterocycles. The number of aryl methyl sites for hydroxylation is 2. The standard InChI is InChI=1S/C21H21BrN4O3S/c1-4-11-29-19-10-7-16(22)12-18(19)20(13-25(27)28)30-21-24-23-15(3)26(21)17-8-5-14(2)6-9-17/h4-10,12,20H,1,11,13H2,2-3H3/t20-/m0/s1. The van der Waals surface area contributed by atoms with Crippen molar-refractivity contribution in [1.29, 1.82) is 0 Å². The third-order valence-electron chi connectivity index (χ3n) is 4.33. The van der Waals surface area contributed by atoms with Crippen LogP contribution in [0.4, 0.5) is 0 Å². The Bertz CT molecular complexity index is 1050. The van der Waals surface area contributed by atoms with Crippen molar-refractivity contribution in [3.8, 4) is 11.4 Å². The van der Waals surface area contributed by atoms with Gasteiger partial charge >= 0.3 is 0 Å². The highest BCUT2D eigenvalue weighted by Gasteiger charge is 2.26. The molecule has 2 aromatic carbocycles. The Kier molecular flexibility index (Phi) is 7.28. The van der Waals surface area contributed by atoms with E-state index in [1.165, 1.54) is 11.8 Å². The van der Waals surface area contributed by atoms with E-state index in [4.69, 9.17) is 4.74 Å². The highest BCUT2D eigenvalue weighted by atomic mass is 79.9. The van der Waals surface area contributed by atoms with Crippen LogP contribution in [0.1, 0.15) is 22.2 Å². The maximum Gasteiger partial charge on any atom is 0.220 e. The van der Waals surface area contributed by atoms with Gasteiger partial charge in [0.25, 0.3) is 0 Å². The smallest absolute Gasteiger partial charge is 0.220 e. The van der Waals surface area contributed by atoms with Gasteiger partial charge in [0.15, 0.2) is 5.16 Å². The van der Waals surface area contributed by atoms with E-state index < -0.39 is 5.25 Å². The zero-order valence-electron chi connectivity index (χ0n) is 16.6. The van der Waals surface area contributed by atoms with Gasteiger partial charge in [-0.25, -0.2) is 0 Å². The van der Waals surface area contributed by atoms with Crippen molar-refractivity contribution in [3.63, 3.8) is 0 Å². The fraction of sp³-hybridized carbons (Fsp3) is 0.238. The summed E-state index contributed by atoms with van der Waals surface area (Å²) in [5.41, 5.74) is 2.76. The van der Waals surface area contributed by atoms with Crippen molar-refractivity contribution >= 4 is 27.7 Å². The molecule has 0 unspecified atom stereocenters. The molecule has 9 heteroatoms.